The second kappa shape index (κ2) is 6.59. The molecule has 0 aliphatic rings. The maximum Gasteiger partial charge on any atom is 0.0554 e. The smallest absolute Gasteiger partial charge is 0.0554 e. The van der Waals surface area contributed by atoms with Crippen LogP contribution >= 0.6 is 11.8 Å². The van der Waals surface area contributed by atoms with Crippen LogP contribution in [0.3, 0.4) is 0 Å². The van der Waals surface area contributed by atoms with Gasteiger partial charge < -0.3 is 0 Å². The summed E-state index contributed by atoms with van der Waals surface area (Å²) in [6, 6.07) is 19.0. The first-order valence-electron chi connectivity index (χ1n) is 6.00. The van der Waals surface area contributed by atoms with Crippen molar-refractivity contribution in [3.63, 3.8) is 0 Å². The minimum absolute atomic E-state index is 0.176. The fraction of sp³-hybridized carbons (Fsp3) is 0.200. The standard InChI is InChI=1S/C15H18N2S/c1-12-6-5-7-13(10-12)15(17-16)11-18-14-8-3-2-4-9-14/h2-10,15,17H,11,16H2,1H3. The molecule has 0 aliphatic carbocycles. The highest BCUT2D eigenvalue weighted by molar-refractivity contribution is 7.99. The van der Waals surface area contributed by atoms with Gasteiger partial charge in [0.25, 0.3) is 0 Å². The van der Waals surface area contributed by atoms with Gasteiger partial charge in [0.2, 0.25) is 0 Å². The normalized spacial score (nSPS) is 12.3. The molecule has 1 unspecified atom stereocenters. The lowest BCUT2D eigenvalue weighted by Gasteiger charge is -2.16. The molecule has 2 aromatic carbocycles. The molecule has 0 saturated carbocycles. The van der Waals surface area contributed by atoms with Crippen molar-refractivity contribution in [1.82, 2.24) is 5.43 Å². The predicted molar refractivity (Wildman–Crippen MR) is 78.4 cm³/mol. The van der Waals surface area contributed by atoms with Crippen LogP contribution in [0.15, 0.2) is 59.5 Å². The zero-order valence-electron chi connectivity index (χ0n) is 10.5. The molecular weight excluding hydrogens is 240 g/mol. The number of benzene rings is 2. The van der Waals surface area contributed by atoms with Crippen LogP contribution in [0.4, 0.5) is 0 Å². The van der Waals surface area contributed by atoms with Crippen molar-refractivity contribution in [3.05, 3.63) is 65.7 Å². The van der Waals surface area contributed by atoms with Gasteiger partial charge in [-0.15, -0.1) is 11.8 Å². The van der Waals surface area contributed by atoms with Gasteiger partial charge in [0.05, 0.1) is 6.04 Å². The topological polar surface area (TPSA) is 38.0 Å². The lowest BCUT2D eigenvalue weighted by atomic mass is 10.1. The quantitative estimate of drug-likeness (QED) is 0.491. The second-order valence-electron chi connectivity index (χ2n) is 4.26. The van der Waals surface area contributed by atoms with Gasteiger partial charge in [-0.1, -0.05) is 48.0 Å². The summed E-state index contributed by atoms with van der Waals surface area (Å²) in [6.07, 6.45) is 0. The van der Waals surface area contributed by atoms with E-state index < -0.39 is 0 Å². The summed E-state index contributed by atoms with van der Waals surface area (Å²) in [5, 5.41) is 0. The van der Waals surface area contributed by atoms with E-state index in [9.17, 15) is 0 Å². The Balaban J connectivity index is 2.02. The first-order chi connectivity index (χ1) is 8.79. The second-order valence-corrected chi connectivity index (χ2v) is 5.35. The third-order valence-corrected chi connectivity index (χ3v) is 3.91. The zero-order valence-corrected chi connectivity index (χ0v) is 11.3. The predicted octanol–water partition coefficient (Wildman–Crippen LogP) is 3.29. The fourth-order valence-electron chi connectivity index (χ4n) is 1.82. The van der Waals surface area contributed by atoms with Gasteiger partial charge in [-0.25, -0.2) is 0 Å². The number of hydrogen-bond donors (Lipinski definition) is 2. The molecule has 18 heavy (non-hydrogen) atoms. The van der Waals surface area contributed by atoms with E-state index >= 15 is 0 Å². The summed E-state index contributed by atoms with van der Waals surface area (Å²) >= 11 is 1.81. The summed E-state index contributed by atoms with van der Waals surface area (Å²) in [7, 11) is 0. The number of hydrazine groups is 1. The van der Waals surface area contributed by atoms with Crippen LogP contribution in [0.2, 0.25) is 0 Å². The largest absolute Gasteiger partial charge is 0.271 e. The summed E-state index contributed by atoms with van der Waals surface area (Å²) in [6.45, 7) is 2.10. The van der Waals surface area contributed by atoms with E-state index in [2.05, 4.69) is 60.9 Å². The Morgan fingerprint density at radius 1 is 1.11 bits per heavy atom. The lowest BCUT2D eigenvalue weighted by Crippen LogP contribution is -2.29. The van der Waals surface area contributed by atoms with Crippen LogP contribution in [-0.2, 0) is 0 Å². The van der Waals surface area contributed by atoms with E-state index in [-0.39, 0.29) is 6.04 Å². The van der Waals surface area contributed by atoms with Crippen molar-refractivity contribution in [2.45, 2.75) is 17.9 Å². The molecule has 0 amide bonds. The Kier molecular flexibility index (Phi) is 4.81. The number of nitrogens with one attached hydrogen (secondary N) is 1. The van der Waals surface area contributed by atoms with Gasteiger partial charge in [-0.3, -0.25) is 11.3 Å². The Bertz CT molecular complexity index is 485. The number of nitrogens with two attached hydrogens (primary N) is 1. The molecule has 0 bridgehead atoms. The Hall–Kier alpha value is -1.29. The molecule has 0 heterocycles. The van der Waals surface area contributed by atoms with Gasteiger partial charge in [0.1, 0.15) is 0 Å². The molecule has 3 N–H and O–H groups in total. The SMILES string of the molecule is Cc1cccc(C(CSc2ccccc2)NN)c1. The molecule has 0 fully saturated rings. The highest BCUT2D eigenvalue weighted by Gasteiger charge is 2.09. The molecule has 94 valence electrons. The summed E-state index contributed by atoms with van der Waals surface area (Å²) < 4.78 is 0. The third kappa shape index (κ3) is 3.60. The summed E-state index contributed by atoms with van der Waals surface area (Å²) in [4.78, 5) is 1.27. The minimum atomic E-state index is 0.176. The Morgan fingerprint density at radius 2 is 1.89 bits per heavy atom. The third-order valence-electron chi connectivity index (χ3n) is 2.81. The number of hydrogen-bond acceptors (Lipinski definition) is 3. The summed E-state index contributed by atoms with van der Waals surface area (Å²) in [5.41, 5.74) is 5.39. The molecule has 2 rings (SSSR count). The van der Waals surface area contributed by atoms with Crippen molar-refractivity contribution in [2.24, 2.45) is 5.84 Å². The zero-order chi connectivity index (χ0) is 12.8. The Morgan fingerprint density at radius 3 is 2.56 bits per heavy atom. The molecule has 0 aromatic heterocycles. The molecule has 0 radical (unpaired) electrons. The maximum atomic E-state index is 5.66. The first kappa shape index (κ1) is 13.1. The highest BCUT2D eigenvalue weighted by Crippen LogP contribution is 2.24. The van der Waals surface area contributed by atoms with Gasteiger partial charge in [0.15, 0.2) is 0 Å². The Labute approximate surface area is 113 Å². The molecule has 3 heteroatoms. The van der Waals surface area contributed by atoms with E-state index in [1.807, 2.05) is 17.8 Å². The van der Waals surface area contributed by atoms with Crippen molar-refractivity contribution in [2.75, 3.05) is 5.75 Å². The average Bonchev–Trinajstić information content (AvgIpc) is 2.41. The maximum absolute atomic E-state index is 5.66. The van der Waals surface area contributed by atoms with E-state index in [1.165, 1.54) is 16.0 Å². The highest BCUT2D eigenvalue weighted by atomic mass is 32.2. The van der Waals surface area contributed by atoms with Crippen LogP contribution in [0.5, 0.6) is 0 Å². The molecular formula is C15H18N2S. The van der Waals surface area contributed by atoms with Crippen LogP contribution in [0.25, 0.3) is 0 Å². The monoisotopic (exact) mass is 258 g/mol. The van der Waals surface area contributed by atoms with Crippen LogP contribution in [-0.4, -0.2) is 5.75 Å². The average molecular weight is 258 g/mol. The fourth-order valence-corrected chi connectivity index (χ4v) is 2.82. The van der Waals surface area contributed by atoms with Gasteiger partial charge in [-0.05, 0) is 24.6 Å². The van der Waals surface area contributed by atoms with Crippen molar-refractivity contribution >= 4 is 11.8 Å². The molecule has 2 nitrogen and oxygen atoms in total. The van der Waals surface area contributed by atoms with Gasteiger partial charge >= 0.3 is 0 Å². The van der Waals surface area contributed by atoms with E-state index in [1.54, 1.807) is 0 Å². The van der Waals surface area contributed by atoms with Crippen molar-refractivity contribution in [3.8, 4) is 0 Å². The number of rotatable bonds is 5. The first-order valence-corrected chi connectivity index (χ1v) is 6.98. The molecule has 0 aliphatic heterocycles. The molecule has 2 aromatic rings. The number of aryl methyl sites for hydroxylation is 1. The van der Waals surface area contributed by atoms with E-state index in [4.69, 9.17) is 5.84 Å². The van der Waals surface area contributed by atoms with Crippen molar-refractivity contribution in [1.29, 1.82) is 0 Å². The van der Waals surface area contributed by atoms with E-state index in [0.29, 0.717) is 0 Å². The van der Waals surface area contributed by atoms with Crippen LogP contribution in [0, 0.1) is 6.92 Å². The molecule has 0 saturated heterocycles. The van der Waals surface area contributed by atoms with Crippen LogP contribution in [0.1, 0.15) is 17.2 Å². The molecule has 0 spiro atoms. The van der Waals surface area contributed by atoms with Crippen LogP contribution < -0.4 is 11.3 Å². The van der Waals surface area contributed by atoms with Gasteiger partial charge in [-0.2, -0.15) is 0 Å². The minimum Gasteiger partial charge on any atom is -0.271 e. The van der Waals surface area contributed by atoms with Crippen molar-refractivity contribution < 1.29 is 0 Å². The lowest BCUT2D eigenvalue weighted by molar-refractivity contribution is 0.610. The van der Waals surface area contributed by atoms with E-state index in [0.717, 1.165) is 5.75 Å². The molecule has 1 atom stereocenters. The summed E-state index contributed by atoms with van der Waals surface area (Å²) in [5.74, 6) is 6.58. The van der Waals surface area contributed by atoms with Gasteiger partial charge in [0, 0.05) is 10.6 Å². The number of thioether (sulfide) groups is 1.